The predicted octanol–water partition coefficient (Wildman–Crippen LogP) is 4.10. The van der Waals surface area contributed by atoms with Crippen LogP contribution in [0.25, 0.3) is 0 Å². The van der Waals surface area contributed by atoms with Crippen LogP contribution in [-0.4, -0.2) is 11.6 Å². The van der Waals surface area contributed by atoms with E-state index in [0.717, 1.165) is 11.8 Å². The van der Waals surface area contributed by atoms with E-state index in [4.69, 9.17) is 4.74 Å². The second-order valence-corrected chi connectivity index (χ2v) is 6.89. The van der Waals surface area contributed by atoms with Crippen molar-refractivity contribution in [2.24, 2.45) is 17.8 Å². The monoisotopic (exact) mass is 250 g/mol. The van der Waals surface area contributed by atoms with Crippen molar-refractivity contribution in [3.05, 3.63) is 11.6 Å². The summed E-state index contributed by atoms with van der Waals surface area (Å²) in [6, 6.07) is 0. The van der Waals surface area contributed by atoms with Crippen LogP contribution in [0.1, 0.15) is 59.8 Å². The summed E-state index contributed by atoms with van der Waals surface area (Å²) < 4.78 is 5.43. The molecule has 0 heterocycles. The molecule has 2 aliphatic carbocycles. The Morgan fingerprint density at radius 1 is 1.28 bits per heavy atom. The minimum Gasteiger partial charge on any atom is -0.460 e. The Bertz CT molecular complexity index is 333. The average Bonchev–Trinajstić information content (AvgIpc) is 2.46. The number of ether oxygens (including phenoxy) is 1. The predicted molar refractivity (Wildman–Crippen MR) is 73.2 cm³/mol. The lowest BCUT2D eigenvalue weighted by Crippen LogP contribution is -2.27. The molecule has 18 heavy (non-hydrogen) atoms. The van der Waals surface area contributed by atoms with Gasteiger partial charge in [0.2, 0.25) is 0 Å². The number of fused-ring (bicyclic) bond motifs is 2. The molecule has 0 aliphatic heterocycles. The molecule has 0 aromatic rings. The van der Waals surface area contributed by atoms with E-state index in [0.29, 0.717) is 12.3 Å². The van der Waals surface area contributed by atoms with Gasteiger partial charge in [-0.05, 0) is 71.1 Å². The van der Waals surface area contributed by atoms with Crippen molar-refractivity contribution in [3.8, 4) is 0 Å². The van der Waals surface area contributed by atoms with Gasteiger partial charge in [0.1, 0.15) is 5.60 Å². The first-order valence-corrected chi connectivity index (χ1v) is 7.27. The van der Waals surface area contributed by atoms with Gasteiger partial charge in [-0.15, -0.1) is 0 Å². The molecule has 0 saturated heterocycles. The second kappa shape index (κ2) is 5.07. The van der Waals surface area contributed by atoms with Gasteiger partial charge < -0.3 is 4.74 Å². The fourth-order valence-corrected chi connectivity index (χ4v) is 3.73. The van der Waals surface area contributed by atoms with E-state index in [2.05, 4.69) is 13.0 Å². The van der Waals surface area contributed by atoms with Gasteiger partial charge in [0.05, 0.1) is 0 Å². The average molecular weight is 250 g/mol. The van der Waals surface area contributed by atoms with E-state index < -0.39 is 0 Å². The Balaban J connectivity index is 1.88. The van der Waals surface area contributed by atoms with E-state index in [1.165, 1.54) is 25.7 Å². The summed E-state index contributed by atoms with van der Waals surface area (Å²) in [5, 5.41) is 0. The van der Waals surface area contributed by atoms with Crippen LogP contribution in [0.15, 0.2) is 11.6 Å². The minimum absolute atomic E-state index is 0.0178. The molecule has 0 aromatic heterocycles. The lowest BCUT2D eigenvalue weighted by Gasteiger charge is -2.30. The SMILES string of the molecule is CC=C1C2CCC1CC(CC(=O)OC(C)(C)C)C2. The molecule has 0 N–H and O–H groups in total. The maximum atomic E-state index is 11.9. The van der Waals surface area contributed by atoms with E-state index in [1.807, 2.05) is 20.8 Å². The van der Waals surface area contributed by atoms with Gasteiger partial charge in [0, 0.05) is 6.42 Å². The van der Waals surface area contributed by atoms with Crippen LogP contribution in [0.4, 0.5) is 0 Å². The van der Waals surface area contributed by atoms with Crippen LogP contribution < -0.4 is 0 Å². The Kier molecular flexibility index (Phi) is 3.84. The van der Waals surface area contributed by atoms with Crippen molar-refractivity contribution in [1.29, 1.82) is 0 Å². The molecule has 0 radical (unpaired) electrons. The van der Waals surface area contributed by atoms with Gasteiger partial charge >= 0.3 is 5.97 Å². The molecule has 2 nitrogen and oxygen atoms in total. The molecule has 2 saturated carbocycles. The summed E-state index contributed by atoms with van der Waals surface area (Å²) in [6.07, 6.45) is 7.96. The number of allylic oxidation sites excluding steroid dienone is 2. The molecule has 2 unspecified atom stereocenters. The fourth-order valence-electron chi connectivity index (χ4n) is 3.73. The highest BCUT2D eigenvalue weighted by molar-refractivity contribution is 5.70. The normalized spacial score (nSPS) is 31.3. The Morgan fingerprint density at radius 3 is 2.28 bits per heavy atom. The lowest BCUT2D eigenvalue weighted by molar-refractivity contribution is -0.156. The largest absolute Gasteiger partial charge is 0.460 e. The molecule has 2 rings (SSSR count). The molecule has 102 valence electrons. The number of rotatable bonds is 2. The topological polar surface area (TPSA) is 26.3 Å². The molecule has 0 aromatic carbocycles. The van der Waals surface area contributed by atoms with Crippen LogP contribution in [-0.2, 0) is 9.53 Å². The first-order valence-electron chi connectivity index (χ1n) is 7.27. The van der Waals surface area contributed by atoms with Crippen molar-refractivity contribution in [2.45, 2.75) is 65.4 Å². The van der Waals surface area contributed by atoms with Crippen molar-refractivity contribution in [3.63, 3.8) is 0 Å². The van der Waals surface area contributed by atoms with E-state index in [9.17, 15) is 4.79 Å². The van der Waals surface area contributed by atoms with Crippen LogP contribution >= 0.6 is 0 Å². The summed E-state index contributed by atoms with van der Waals surface area (Å²) in [6.45, 7) is 7.98. The zero-order valence-electron chi connectivity index (χ0n) is 12.2. The number of hydrogen-bond donors (Lipinski definition) is 0. The number of hydrogen-bond acceptors (Lipinski definition) is 2. The third kappa shape index (κ3) is 3.15. The molecule has 2 heteroatoms. The smallest absolute Gasteiger partial charge is 0.306 e. The standard InChI is InChI=1S/C16H26O2/c1-5-14-12-6-7-13(14)9-11(8-12)10-15(17)18-16(2,3)4/h5,11-13H,6-10H2,1-4H3. The molecule has 2 atom stereocenters. The number of carbonyl (C=O) groups excluding carboxylic acids is 1. The van der Waals surface area contributed by atoms with Crippen molar-refractivity contribution < 1.29 is 9.53 Å². The summed E-state index contributed by atoms with van der Waals surface area (Å²) in [7, 11) is 0. The summed E-state index contributed by atoms with van der Waals surface area (Å²) in [4.78, 5) is 11.9. The summed E-state index contributed by atoms with van der Waals surface area (Å²) in [5.74, 6) is 2.03. The highest BCUT2D eigenvalue weighted by Crippen LogP contribution is 2.49. The Hall–Kier alpha value is -0.790. The van der Waals surface area contributed by atoms with E-state index in [-0.39, 0.29) is 11.6 Å². The van der Waals surface area contributed by atoms with Gasteiger partial charge in [0.15, 0.2) is 0 Å². The molecule has 2 fully saturated rings. The van der Waals surface area contributed by atoms with Crippen LogP contribution in [0, 0.1) is 17.8 Å². The highest BCUT2D eigenvalue weighted by Gasteiger charge is 2.38. The molecule has 2 aliphatic rings. The van der Waals surface area contributed by atoms with Gasteiger partial charge in [-0.25, -0.2) is 0 Å². The maximum absolute atomic E-state index is 11.9. The van der Waals surface area contributed by atoms with Crippen LogP contribution in [0.3, 0.4) is 0 Å². The maximum Gasteiger partial charge on any atom is 0.306 e. The third-order valence-corrected chi connectivity index (χ3v) is 4.25. The van der Waals surface area contributed by atoms with Crippen molar-refractivity contribution in [2.75, 3.05) is 0 Å². The van der Waals surface area contributed by atoms with E-state index >= 15 is 0 Å². The van der Waals surface area contributed by atoms with E-state index in [1.54, 1.807) is 5.57 Å². The zero-order valence-corrected chi connectivity index (χ0v) is 12.2. The molecule has 0 spiro atoms. The van der Waals surface area contributed by atoms with Gasteiger partial charge in [0.25, 0.3) is 0 Å². The lowest BCUT2D eigenvalue weighted by atomic mass is 9.76. The van der Waals surface area contributed by atoms with Crippen molar-refractivity contribution in [1.82, 2.24) is 0 Å². The first kappa shape index (κ1) is 13.6. The third-order valence-electron chi connectivity index (χ3n) is 4.25. The minimum atomic E-state index is -0.348. The number of esters is 1. The van der Waals surface area contributed by atoms with Gasteiger partial charge in [-0.1, -0.05) is 11.6 Å². The van der Waals surface area contributed by atoms with Gasteiger partial charge in [-0.3, -0.25) is 4.79 Å². The van der Waals surface area contributed by atoms with Crippen LogP contribution in [0.2, 0.25) is 0 Å². The molecular formula is C16H26O2. The fraction of sp³-hybridized carbons (Fsp3) is 0.812. The second-order valence-electron chi connectivity index (χ2n) is 6.89. The summed E-state index contributed by atoms with van der Waals surface area (Å²) >= 11 is 0. The Labute approximate surface area is 111 Å². The summed E-state index contributed by atoms with van der Waals surface area (Å²) in [5.41, 5.74) is 1.31. The quantitative estimate of drug-likeness (QED) is 0.545. The van der Waals surface area contributed by atoms with Crippen LogP contribution in [0.5, 0.6) is 0 Å². The first-order chi connectivity index (χ1) is 8.39. The molecule has 0 amide bonds. The Morgan fingerprint density at radius 2 is 1.83 bits per heavy atom. The molecule has 2 bridgehead atoms. The number of carbonyl (C=O) groups is 1. The zero-order chi connectivity index (χ0) is 13.3. The molecular weight excluding hydrogens is 224 g/mol. The highest BCUT2D eigenvalue weighted by atomic mass is 16.6. The van der Waals surface area contributed by atoms with Crippen molar-refractivity contribution >= 4 is 5.97 Å². The van der Waals surface area contributed by atoms with Gasteiger partial charge in [-0.2, -0.15) is 0 Å².